The van der Waals surface area contributed by atoms with Crippen LogP contribution in [0.5, 0.6) is 0 Å². The molecule has 2 amide bonds. The largest absolute Gasteiger partial charge is 0.314 e. The number of aromatic nitrogens is 5. The first-order valence-corrected chi connectivity index (χ1v) is 18.4. The number of fused-ring (bicyclic) bond motifs is 1. The second-order valence-corrected chi connectivity index (χ2v) is 14.6. The first-order chi connectivity index (χ1) is 24.8. The van der Waals surface area contributed by atoms with Gasteiger partial charge in [-0.3, -0.25) is 14.5 Å². The molecular formula is C39H30Cl3N6O2S+. The first kappa shape index (κ1) is 33.5. The van der Waals surface area contributed by atoms with E-state index in [-0.39, 0.29) is 11.8 Å². The van der Waals surface area contributed by atoms with Crippen molar-refractivity contribution >= 4 is 80.2 Å². The number of carbonyl (C=O) groups excluding carboxylic acids is 2. The second kappa shape index (κ2) is 14.2. The molecule has 7 aromatic rings. The Balaban J connectivity index is 0.996. The van der Waals surface area contributed by atoms with Crippen molar-refractivity contribution in [1.29, 1.82) is 0 Å². The molecule has 0 N–H and O–H groups in total. The molecule has 8 rings (SSSR count). The number of nitrogens with zero attached hydrogens (tertiary/aromatic N) is 6. The summed E-state index contributed by atoms with van der Waals surface area (Å²) in [4.78, 5) is 34.9. The highest BCUT2D eigenvalue weighted by atomic mass is 35.5. The number of benzene rings is 5. The molecule has 51 heavy (non-hydrogen) atoms. The van der Waals surface area contributed by atoms with Gasteiger partial charge in [-0.25, -0.2) is 9.55 Å². The number of rotatable bonds is 11. The Labute approximate surface area is 313 Å². The maximum absolute atomic E-state index is 13.8. The smallest absolute Gasteiger partial charge is 0.265 e. The number of halogens is 3. The molecule has 0 saturated heterocycles. The standard InChI is InChI=1S/C39H30Cl3N6O2S/c40-27-15-14-26(32(42)20-27)22-48-34-13-4-3-12-33(34)44-39(48)51-35-17-16-30-36-28(35)9-7-10-29(36)37(49)47(38(30)50)19-6-5-18-46-24-45(23-43-46)21-25-8-1-2-11-31(25)41/h1-4,7-17,20,23-24H,5-6,18-19,21-22H2/q+1. The zero-order valence-electron chi connectivity index (χ0n) is 27.2. The first-order valence-electron chi connectivity index (χ1n) is 16.5. The van der Waals surface area contributed by atoms with Crippen LogP contribution in [0.2, 0.25) is 15.1 Å². The summed E-state index contributed by atoms with van der Waals surface area (Å²) in [6.45, 7) is 2.10. The van der Waals surface area contributed by atoms with Crippen LogP contribution >= 0.6 is 46.6 Å². The Hall–Kier alpha value is -4.67. The molecule has 8 nitrogen and oxygen atoms in total. The Morgan fingerprint density at radius 3 is 2.37 bits per heavy atom. The van der Waals surface area contributed by atoms with E-state index in [4.69, 9.17) is 39.8 Å². The van der Waals surface area contributed by atoms with Crippen molar-refractivity contribution in [3.63, 3.8) is 0 Å². The summed E-state index contributed by atoms with van der Waals surface area (Å²) in [6, 6.07) is 30.6. The summed E-state index contributed by atoms with van der Waals surface area (Å²) in [5.74, 6) is -0.553. The summed E-state index contributed by atoms with van der Waals surface area (Å²) >= 11 is 20.6. The van der Waals surface area contributed by atoms with Gasteiger partial charge in [-0.2, -0.15) is 0 Å². The van der Waals surface area contributed by atoms with Crippen LogP contribution in [0, 0.1) is 0 Å². The number of hydrogen-bond acceptors (Lipinski definition) is 5. The van der Waals surface area contributed by atoms with E-state index in [1.165, 1.54) is 16.7 Å². The molecule has 0 unspecified atom stereocenters. The number of amides is 2. The number of carbonyl (C=O) groups is 2. The highest BCUT2D eigenvalue weighted by molar-refractivity contribution is 7.99. The molecule has 1 aliphatic heterocycles. The van der Waals surface area contributed by atoms with E-state index in [2.05, 4.69) is 9.67 Å². The molecular weight excluding hydrogens is 723 g/mol. The Kier molecular flexibility index (Phi) is 9.29. The van der Waals surface area contributed by atoms with Crippen LogP contribution < -0.4 is 4.57 Å². The maximum atomic E-state index is 13.8. The van der Waals surface area contributed by atoms with Crippen LogP contribution in [0.15, 0.2) is 120 Å². The summed E-state index contributed by atoms with van der Waals surface area (Å²) in [7, 11) is 0. The monoisotopic (exact) mass is 751 g/mol. The van der Waals surface area contributed by atoms with Gasteiger partial charge in [-0.05, 0) is 72.3 Å². The molecule has 5 aromatic carbocycles. The minimum absolute atomic E-state index is 0.276. The maximum Gasteiger partial charge on any atom is 0.265 e. The van der Waals surface area contributed by atoms with Crippen molar-refractivity contribution in [2.75, 3.05) is 6.54 Å². The van der Waals surface area contributed by atoms with Crippen LogP contribution in [-0.4, -0.2) is 42.6 Å². The van der Waals surface area contributed by atoms with Gasteiger partial charge in [0.15, 0.2) is 5.16 Å². The number of unbranched alkanes of at least 4 members (excludes halogenated alkanes) is 1. The van der Waals surface area contributed by atoms with Crippen LogP contribution in [0.3, 0.4) is 0 Å². The lowest BCUT2D eigenvalue weighted by molar-refractivity contribution is -0.689. The van der Waals surface area contributed by atoms with Crippen molar-refractivity contribution in [3.05, 3.63) is 147 Å². The third-order valence-corrected chi connectivity index (χ3v) is 11.1. The normalized spacial score (nSPS) is 12.8. The fourth-order valence-electron chi connectivity index (χ4n) is 6.54. The lowest BCUT2D eigenvalue weighted by Crippen LogP contribution is -2.41. The minimum Gasteiger partial charge on any atom is -0.314 e. The van der Waals surface area contributed by atoms with Gasteiger partial charge >= 0.3 is 0 Å². The highest BCUT2D eigenvalue weighted by Gasteiger charge is 2.33. The summed E-state index contributed by atoms with van der Waals surface area (Å²) in [5.41, 5.74) is 4.82. The van der Waals surface area contributed by atoms with E-state index in [0.29, 0.717) is 59.2 Å². The van der Waals surface area contributed by atoms with Crippen LogP contribution in [-0.2, 0) is 19.6 Å². The van der Waals surface area contributed by atoms with Gasteiger partial charge in [-0.15, -0.1) is 4.68 Å². The van der Waals surface area contributed by atoms with E-state index in [1.54, 1.807) is 18.5 Å². The molecule has 0 atom stereocenters. The lowest BCUT2D eigenvalue weighted by atomic mass is 9.94. The van der Waals surface area contributed by atoms with E-state index in [0.717, 1.165) is 49.0 Å². The SMILES string of the molecule is O=C1c2cccc3c(Sc4nc5ccccc5n4Cc4ccc(Cl)cc4Cl)ccc(c23)C(=O)N1CCCCn1c[n+](Cc2ccccc2Cl)cn1. The fraction of sp³-hybridized carbons (Fsp3) is 0.154. The second-order valence-electron chi connectivity index (χ2n) is 12.4. The summed E-state index contributed by atoms with van der Waals surface area (Å²) in [5, 5.41) is 8.63. The average molecular weight is 753 g/mol. The van der Waals surface area contributed by atoms with E-state index in [9.17, 15) is 9.59 Å². The van der Waals surface area contributed by atoms with E-state index >= 15 is 0 Å². The molecule has 254 valence electrons. The Bertz CT molecular complexity index is 2460. The van der Waals surface area contributed by atoms with Crippen molar-refractivity contribution in [2.24, 2.45) is 0 Å². The van der Waals surface area contributed by atoms with Gasteiger partial charge in [0.2, 0.25) is 6.33 Å². The van der Waals surface area contributed by atoms with E-state index < -0.39 is 0 Å². The molecule has 1 aliphatic rings. The molecule has 0 bridgehead atoms. The fourth-order valence-corrected chi connectivity index (χ4v) is 8.24. The van der Waals surface area contributed by atoms with Gasteiger partial charge in [0.1, 0.15) is 6.54 Å². The summed E-state index contributed by atoms with van der Waals surface area (Å²) < 4.78 is 5.97. The Morgan fingerprint density at radius 2 is 1.53 bits per heavy atom. The molecule has 0 radical (unpaired) electrons. The molecule has 0 saturated carbocycles. The van der Waals surface area contributed by atoms with Crippen molar-refractivity contribution in [3.8, 4) is 0 Å². The zero-order valence-corrected chi connectivity index (χ0v) is 30.3. The molecule has 12 heteroatoms. The predicted octanol–water partition coefficient (Wildman–Crippen LogP) is 8.96. The van der Waals surface area contributed by atoms with Crippen LogP contribution in [0.4, 0.5) is 0 Å². The van der Waals surface area contributed by atoms with Gasteiger partial charge in [0, 0.05) is 53.7 Å². The molecule has 3 heterocycles. The van der Waals surface area contributed by atoms with Gasteiger partial charge in [0.25, 0.3) is 18.1 Å². The topological polar surface area (TPSA) is 76.9 Å². The molecule has 0 aliphatic carbocycles. The van der Waals surface area contributed by atoms with Crippen LogP contribution in [0.1, 0.15) is 44.7 Å². The van der Waals surface area contributed by atoms with Gasteiger partial charge < -0.3 is 4.57 Å². The number of imidazole rings is 1. The number of aryl methyl sites for hydroxylation is 1. The predicted molar refractivity (Wildman–Crippen MR) is 201 cm³/mol. The van der Waals surface area contributed by atoms with Gasteiger partial charge in [0.05, 0.1) is 24.1 Å². The number of imide groups is 1. The van der Waals surface area contributed by atoms with Crippen LogP contribution in [0.25, 0.3) is 21.8 Å². The third-order valence-electron chi connectivity index (χ3n) is 9.08. The quantitative estimate of drug-likeness (QED) is 0.0750. The summed E-state index contributed by atoms with van der Waals surface area (Å²) in [6.07, 6.45) is 5.11. The average Bonchev–Trinajstić information content (AvgIpc) is 3.73. The van der Waals surface area contributed by atoms with Crippen molar-refractivity contribution in [2.45, 2.75) is 42.5 Å². The van der Waals surface area contributed by atoms with Crippen molar-refractivity contribution < 1.29 is 14.2 Å². The van der Waals surface area contributed by atoms with Crippen molar-refractivity contribution in [1.82, 2.24) is 24.2 Å². The molecule has 0 fully saturated rings. The number of hydrogen-bond donors (Lipinski definition) is 0. The Morgan fingerprint density at radius 1 is 0.745 bits per heavy atom. The minimum atomic E-state index is -0.276. The third kappa shape index (κ3) is 6.63. The highest BCUT2D eigenvalue weighted by Crippen LogP contribution is 2.40. The molecule has 0 spiro atoms. The number of para-hydroxylation sites is 2. The zero-order chi connectivity index (χ0) is 35.1. The van der Waals surface area contributed by atoms with E-state index in [1.807, 2.05) is 101 Å². The van der Waals surface area contributed by atoms with Gasteiger partial charge in [-0.1, -0.05) is 95.1 Å². The molecule has 2 aromatic heterocycles. The lowest BCUT2D eigenvalue weighted by Gasteiger charge is -2.27.